The van der Waals surface area contributed by atoms with Crippen LogP contribution >= 0.6 is 0 Å². The third-order valence-corrected chi connectivity index (χ3v) is 2.37. The predicted molar refractivity (Wildman–Crippen MR) is 62.8 cm³/mol. The monoisotopic (exact) mass is 234 g/mol. The van der Waals surface area contributed by atoms with Gasteiger partial charge in [0.05, 0.1) is 12.6 Å². The van der Waals surface area contributed by atoms with Gasteiger partial charge in [0.2, 0.25) is 0 Å². The Morgan fingerprint density at radius 3 is 2.65 bits per heavy atom. The van der Waals surface area contributed by atoms with E-state index in [1.54, 1.807) is 19.2 Å². The molecule has 0 unspecified atom stereocenters. The number of halogens is 1. The van der Waals surface area contributed by atoms with E-state index in [1.165, 1.54) is 12.1 Å². The fourth-order valence-electron chi connectivity index (χ4n) is 1.51. The lowest BCUT2D eigenvalue weighted by Gasteiger charge is -2.13. The first-order valence-electron chi connectivity index (χ1n) is 5.43. The van der Waals surface area contributed by atoms with E-state index in [0.717, 1.165) is 5.56 Å². The Balaban J connectivity index is 2.39. The molecule has 1 rings (SSSR count). The molecule has 0 aliphatic carbocycles. The topological polar surface area (TPSA) is 44.1 Å². The molecule has 1 aromatic rings. The summed E-state index contributed by atoms with van der Waals surface area (Å²) in [4.78, 5) is 13.5. The first-order chi connectivity index (χ1) is 8.11. The van der Waals surface area contributed by atoms with Crippen molar-refractivity contribution in [1.82, 2.24) is 4.90 Å². The second kappa shape index (κ2) is 6.77. The maximum Gasteiger partial charge on any atom is 0.151 e. The van der Waals surface area contributed by atoms with Gasteiger partial charge < -0.3 is 0 Å². The summed E-state index contributed by atoms with van der Waals surface area (Å²) in [5, 5.41) is 8.41. The van der Waals surface area contributed by atoms with Crippen LogP contribution in [0.15, 0.2) is 24.3 Å². The summed E-state index contributed by atoms with van der Waals surface area (Å²) in [6, 6.07) is 7.96. The van der Waals surface area contributed by atoms with E-state index in [2.05, 4.69) is 0 Å². The smallest absolute Gasteiger partial charge is 0.151 e. The lowest BCUT2D eigenvalue weighted by Crippen LogP contribution is -2.27. The van der Waals surface area contributed by atoms with Crippen LogP contribution in [-0.4, -0.2) is 30.8 Å². The van der Waals surface area contributed by atoms with Crippen molar-refractivity contribution >= 4 is 5.78 Å². The number of hydrogen-bond acceptors (Lipinski definition) is 3. The van der Waals surface area contributed by atoms with Gasteiger partial charge in [-0.1, -0.05) is 12.1 Å². The van der Waals surface area contributed by atoms with E-state index < -0.39 is 0 Å². The molecule has 1 aromatic carbocycles. The summed E-state index contributed by atoms with van der Waals surface area (Å²) in [5.74, 6) is -0.232. The molecule has 90 valence electrons. The van der Waals surface area contributed by atoms with Gasteiger partial charge in [-0.15, -0.1) is 0 Å². The van der Waals surface area contributed by atoms with E-state index in [4.69, 9.17) is 5.26 Å². The molecule has 0 radical (unpaired) electrons. The van der Waals surface area contributed by atoms with Crippen molar-refractivity contribution in [2.24, 2.45) is 0 Å². The van der Waals surface area contributed by atoms with Crippen LogP contribution in [0.25, 0.3) is 0 Å². The van der Waals surface area contributed by atoms with E-state index in [-0.39, 0.29) is 11.6 Å². The van der Waals surface area contributed by atoms with E-state index >= 15 is 0 Å². The molecule has 0 aliphatic heterocycles. The van der Waals surface area contributed by atoms with Crippen molar-refractivity contribution in [1.29, 1.82) is 5.26 Å². The lowest BCUT2D eigenvalue weighted by molar-refractivity contribution is -0.119. The molecule has 0 aromatic heterocycles. The molecule has 4 heteroatoms. The maximum absolute atomic E-state index is 12.6. The van der Waals surface area contributed by atoms with Crippen LogP contribution in [0, 0.1) is 17.1 Å². The summed E-state index contributed by atoms with van der Waals surface area (Å²) in [7, 11) is 1.81. The zero-order valence-electron chi connectivity index (χ0n) is 9.82. The summed E-state index contributed by atoms with van der Waals surface area (Å²) >= 11 is 0. The molecule has 0 atom stereocenters. The van der Waals surface area contributed by atoms with E-state index in [9.17, 15) is 9.18 Å². The van der Waals surface area contributed by atoms with Gasteiger partial charge in [0.1, 0.15) is 5.82 Å². The number of rotatable bonds is 6. The number of nitriles is 1. The third kappa shape index (κ3) is 5.23. The number of carbonyl (C=O) groups is 1. The standard InChI is InChI=1S/C13H15FN2O/c1-16(8-2-7-15)10-13(17)9-11-3-5-12(14)6-4-11/h3-6H,2,8-10H2,1H3. The highest BCUT2D eigenvalue weighted by atomic mass is 19.1. The number of hydrogen-bond donors (Lipinski definition) is 0. The summed E-state index contributed by atoms with van der Waals surface area (Å²) < 4.78 is 12.6. The van der Waals surface area contributed by atoms with Crippen LogP contribution in [-0.2, 0) is 11.2 Å². The summed E-state index contributed by atoms with van der Waals surface area (Å²) in [5.41, 5.74) is 0.810. The lowest BCUT2D eigenvalue weighted by atomic mass is 10.1. The zero-order chi connectivity index (χ0) is 12.7. The maximum atomic E-state index is 12.6. The fourth-order valence-corrected chi connectivity index (χ4v) is 1.51. The van der Waals surface area contributed by atoms with E-state index in [0.29, 0.717) is 25.9 Å². The molecular formula is C13H15FN2O. The molecule has 0 saturated carbocycles. The first kappa shape index (κ1) is 13.3. The highest BCUT2D eigenvalue weighted by molar-refractivity contribution is 5.82. The van der Waals surface area contributed by atoms with Crippen molar-refractivity contribution in [3.8, 4) is 6.07 Å². The van der Waals surface area contributed by atoms with Crippen molar-refractivity contribution < 1.29 is 9.18 Å². The Labute approximate surface area is 100 Å². The number of carbonyl (C=O) groups excluding carboxylic acids is 1. The average molecular weight is 234 g/mol. The van der Waals surface area contributed by atoms with Gasteiger partial charge in [-0.3, -0.25) is 9.69 Å². The van der Waals surface area contributed by atoms with Gasteiger partial charge in [0, 0.05) is 19.4 Å². The Morgan fingerprint density at radius 2 is 2.06 bits per heavy atom. The van der Waals surface area contributed by atoms with Gasteiger partial charge in [-0.2, -0.15) is 5.26 Å². The van der Waals surface area contributed by atoms with Gasteiger partial charge >= 0.3 is 0 Å². The fraction of sp³-hybridized carbons (Fsp3) is 0.385. The normalized spacial score (nSPS) is 10.2. The van der Waals surface area contributed by atoms with Crippen LogP contribution in [0.5, 0.6) is 0 Å². The van der Waals surface area contributed by atoms with Crippen LogP contribution in [0.4, 0.5) is 4.39 Å². The Morgan fingerprint density at radius 1 is 1.41 bits per heavy atom. The number of nitrogens with zero attached hydrogens (tertiary/aromatic N) is 2. The quantitative estimate of drug-likeness (QED) is 0.753. The second-order valence-corrected chi connectivity index (χ2v) is 3.99. The molecule has 0 aliphatic rings. The number of ketones is 1. The number of benzene rings is 1. The van der Waals surface area contributed by atoms with E-state index in [1.807, 2.05) is 11.0 Å². The molecule has 0 heterocycles. The predicted octanol–water partition coefficient (Wildman–Crippen LogP) is 1.78. The van der Waals surface area contributed by atoms with Crippen LogP contribution in [0.2, 0.25) is 0 Å². The number of likely N-dealkylation sites (N-methyl/N-ethyl adjacent to an activating group) is 1. The Kier molecular flexibility index (Phi) is 5.31. The van der Waals surface area contributed by atoms with Crippen LogP contribution in [0.1, 0.15) is 12.0 Å². The third-order valence-electron chi connectivity index (χ3n) is 2.37. The van der Waals surface area contributed by atoms with Gasteiger partial charge in [-0.25, -0.2) is 4.39 Å². The molecule has 3 nitrogen and oxygen atoms in total. The Hall–Kier alpha value is -1.73. The first-order valence-corrected chi connectivity index (χ1v) is 5.43. The summed E-state index contributed by atoms with van der Waals surface area (Å²) in [6.07, 6.45) is 0.720. The Bertz CT molecular complexity index is 408. The second-order valence-electron chi connectivity index (χ2n) is 3.99. The zero-order valence-corrected chi connectivity index (χ0v) is 9.82. The minimum atomic E-state index is -0.299. The van der Waals surface area contributed by atoms with Crippen molar-refractivity contribution in [2.75, 3.05) is 20.1 Å². The van der Waals surface area contributed by atoms with Crippen LogP contribution in [0.3, 0.4) is 0 Å². The SMILES string of the molecule is CN(CCC#N)CC(=O)Cc1ccc(F)cc1. The molecule has 17 heavy (non-hydrogen) atoms. The minimum Gasteiger partial charge on any atom is -0.298 e. The molecule has 0 saturated heterocycles. The van der Waals surface area contributed by atoms with Crippen LogP contribution < -0.4 is 0 Å². The van der Waals surface area contributed by atoms with Gasteiger partial charge in [0.25, 0.3) is 0 Å². The summed E-state index contributed by atoms with van der Waals surface area (Å²) in [6.45, 7) is 0.907. The van der Waals surface area contributed by atoms with Gasteiger partial charge in [0.15, 0.2) is 5.78 Å². The molecule has 0 fully saturated rings. The molecule has 0 spiro atoms. The van der Waals surface area contributed by atoms with Crippen molar-refractivity contribution in [3.63, 3.8) is 0 Å². The average Bonchev–Trinajstić information content (AvgIpc) is 2.29. The van der Waals surface area contributed by atoms with Gasteiger partial charge in [-0.05, 0) is 24.7 Å². The molecule has 0 amide bonds. The highest BCUT2D eigenvalue weighted by Gasteiger charge is 2.07. The molecule has 0 bridgehead atoms. The number of Topliss-reactive ketones (excluding diaryl/α,β-unsaturated/α-hetero) is 1. The largest absolute Gasteiger partial charge is 0.298 e. The highest BCUT2D eigenvalue weighted by Crippen LogP contribution is 2.04. The minimum absolute atomic E-state index is 0.0667. The van der Waals surface area contributed by atoms with Crippen molar-refractivity contribution in [3.05, 3.63) is 35.6 Å². The molecular weight excluding hydrogens is 219 g/mol. The molecule has 0 N–H and O–H groups in total. The van der Waals surface area contributed by atoms with Crippen molar-refractivity contribution in [2.45, 2.75) is 12.8 Å².